The first kappa shape index (κ1) is 20.4. The van der Waals surface area contributed by atoms with E-state index in [4.69, 9.17) is 4.74 Å². The molecule has 8 heteroatoms. The number of thiazole rings is 1. The molecule has 31 heavy (non-hydrogen) atoms. The highest BCUT2D eigenvalue weighted by Crippen LogP contribution is 2.32. The average Bonchev–Trinajstić information content (AvgIpc) is 3.45. The second-order valence-corrected chi connectivity index (χ2v) is 7.53. The molecule has 1 amide bonds. The first-order valence-corrected chi connectivity index (χ1v) is 10.4. The second kappa shape index (κ2) is 8.85. The Labute approximate surface area is 182 Å². The maximum absolute atomic E-state index is 12.9. The van der Waals surface area contributed by atoms with Gasteiger partial charge in [-0.2, -0.15) is 0 Å². The van der Waals surface area contributed by atoms with E-state index in [0.29, 0.717) is 10.6 Å². The average molecular weight is 433 g/mol. The lowest BCUT2D eigenvalue weighted by molar-refractivity contribution is 0.0532. The molecule has 4 rings (SSSR count). The summed E-state index contributed by atoms with van der Waals surface area (Å²) in [5.41, 5.74) is 1.99. The number of nitrogens with zero attached hydrogens (tertiary/aromatic N) is 2. The molecule has 2 aromatic heterocycles. The zero-order valence-electron chi connectivity index (χ0n) is 16.6. The third-order valence-electron chi connectivity index (χ3n) is 4.48. The smallest absolute Gasteiger partial charge is 0.350 e. The van der Waals surface area contributed by atoms with Crippen molar-refractivity contribution in [2.24, 2.45) is 0 Å². The normalized spacial score (nSPS) is 10.6. The first-order valence-electron chi connectivity index (χ1n) is 9.58. The fraction of sp³-hybridized carbons (Fsp3) is 0.0870. The molecular formula is C23H19N3O4S. The molecule has 4 aromatic rings. The Morgan fingerprint density at radius 3 is 2.55 bits per heavy atom. The van der Waals surface area contributed by atoms with E-state index in [2.05, 4.69) is 10.3 Å². The number of aromatic nitrogens is 2. The van der Waals surface area contributed by atoms with Crippen LogP contribution in [0, 0.1) is 0 Å². The van der Waals surface area contributed by atoms with Crippen molar-refractivity contribution >= 4 is 28.3 Å². The molecule has 0 aliphatic heterocycles. The molecule has 2 aromatic carbocycles. The van der Waals surface area contributed by atoms with Gasteiger partial charge >= 0.3 is 5.97 Å². The van der Waals surface area contributed by atoms with Crippen LogP contribution in [0.3, 0.4) is 0 Å². The number of amides is 1. The number of rotatable bonds is 6. The van der Waals surface area contributed by atoms with Gasteiger partial charge in [0.05, 0.1) is 17.9 Å². The molecule has 0 spiro atoms. The molecule has 156 valence electrons. The number of carbonyl (C=O) groups excluding carboxylic acids is 2. The molecular weight excluding hydrogens is 414 g/mol. The van der Waals surface area contributed by atoms with Crippen LogP contribution in [0.5, 0.6) is 5.75 Å². The summed E-state index contributed by atoms with van der Waals surface area (Å²) in [6.45, 7) is 1.96. The molecule has 0 fully saturated rings. The number of benzene rings is 2. The zero-order chi connectivity index (χ0) is 21.8. The molecule has 0 bridgehead atoms. The Hall–Kier alpha value is -3.91. The lowest BCUT2D eigenvalue weighted by Gasteiger charge is -2.08. The predicted molar refractivity (Wildman–Crippen MR) is 119 cm³/mol. The van der Waals surface area contributed by atoms with E-state index in [-0.39, 0.29) is 23.1 Å². The molecule has 2 heterocycles. The topological polar surface area (TPSA) is 93.5 Å². The molecule has 2 N–H and O–H groups in total. The fourth-order valence-corrected chi connectivity index (χ4v) is 3.91. The van der Waals surface area contributed by atoms with Gasteiger partial charge in [0.2, 0.25) is 0 Å². The number of phenols is 1. The quantitative estimate of drug-likeness (QED) is 0.429. The van der Waals surface area contributed by atoms with Gasteiger partial charge in [-0.1, -0.05) is 41.7 Å². The maximum Gasteiger partial charge on any atom is 0.350 e. The minimum atomic E-state index is -0.532. The van der Waals surface area contributed by atoms with Crippen molar-refractivity contribution in [3.05, 3.63) is 83.5 Å². The van der Waals surface area contributed by atoms with Crippen molar-refractivity contribution in [2.75, 3.05) is 11.9 Å². The van der Waals surface area contributed by atoms with Gasteiger partial charge in [-0.05, 0) is 37.3 Å². The van der Waals surface area contributed by atoms with Crippen molar-refractivity contribution in [2.45, 2.75) is 6.92 Å². The number of aromatic hydroxyl groups is 1. The number of hydrogen-bond donors (Lipinski definition) is 2. The second-order valence-electron chi connectivity index (χ2n) is 6.53. The molecule has 0 saturated heterocycles. The molecule has 7 nitrogen and oxygen atoms in total. The highest BCUT2D eigenvalue weighted by molar-refractivity contribution is 7.18. The molecule has 0 aliphatic carbocycles. The van der Waals surface area contributed by atoms with Crippen molar-refractivity contribution in [1.29, 1.82) is 0 Å². The summed E-state index contributed by atoms with van der Waals surface area (Å²) in [5.74, 6) is -1.19. The van der Waals surface area contributed by atoms with E-state index in [1.54, 1.807) is 19.1 Å². The van der Waals surface area contributed by atoms with Crippen LogP contribution in [0.2, 0.25) is 0 Å². The summed E-state index contributed by atoms with van der Waals surface area (Å²) in [6, 6.07) is 17.7. The Balaban J connectivity index is 1.66. The lowest BCUT2D eigenvalue weighted by Crippen LogP contribution is -2.12. The Morgan fingerprint density at radius 1 is 1.10 bits per heavy atom. The SMILES string of the molecule is CCOC(=O)c1sc(NC(=O)c2cc(-n3cccc3)ccc2O)nc1-c1ccccc1. The molecule has 0 radical (unpaired) electrons. The third-order valence-corrected chi connectivity index (χ3v) is 5.43. The van der Waals surface area contributed by atoms with Crippen molar-refractivity contribution in [3.8, 4) is 22.7 Å². The van der Waals surface area contributed by atoms with Crippen LogP contribution >= 0.6 is 11.3 Å². The monoisotopic (exact) mass is 433 g/mol. The summed E-state index contributed by atoms with van der Waals surface area (Å²) >= 11 is 1.03. The molecule has 0 unspecified atom stereocenters. The van der Waals surface area contributed by atoms with Crippen LogP contribution in [0.1, 0.15) is 27.0 Å². The van der Waals surface area contributed by atoms with Gasteiger partial charge in [-0.25, -0.2) is 9.78 Å². The van der Waals surface area contributed by atoms with Crippen LogP contribution in [0.25, 0.3) is 16.9 Å². The minimum absolute atomic E-state index is 0.0975. The van der Waals surface area contributed by atoms with Crippen LogP contribution in [0.4, 0.5) is 5.13 Å². The highest BCUT2D eigenvalue weighted by Gasteiger charge is 2.22. The third kappa shape index (κ3) is 4.34. The Bertz CT molecular complexity index is 1220. The minimum Gasteiger partial charge on any atom is -0.507 e. The van der Waals surface area contributed by atoms with Gasteiger partial charge in [0.25, 0.3) is 5.91 Å². The van der Waals surface area contributed by atoms with Gasteiger partial charge in [0.15, 0.2) is 5.13 Å². The predicted octanol–water partition coefficient (Wildman–Crippen LogP) is 4.74. The van der Waals surface area contributed by atoms with Gasteiger partial charge in [0, 0.05) is 23.6 Å². The number of carbonyl (C=O) groups is 2. The summed E-state index contributed by atoms with van der Waals surface area (Å²) in [7, 11) is 0. The largest absolute Gasteiger partial charge is 0.507 e. The summed E-state index contributed by atoms with van der Waals surface area (Å²) in [4.78, 5) is 30.1. The number of nitrogens with one attached hydrogen (secondary N) is 1. The van der Waals surface area contributed by atoms with E-state index in [1.165, 1.54) is 6.07 Å². The Kier molecular flexibility index (Phi) is 5.81. The standard InChI is InChI=1S/C23H19N3O4S/c1-2-30-22(29)20-19(15-8-4-3-5-9-15)24-23(31-20)25-21(28)17-14-16(10-11-18(17)27)26-12-6-7-13-26/h3-14,27H,2H2,1H3,(H,24,25,28). The van der Waals surface area contributed by atoms with Gasteiger partial charge < -0.3 is 14.4 Å². The van der Waals surface area contributed by atoms with Crippen molar-refractivity contribution in [1.82, 2.24) is 9.55 Å². The molecule has 0 atom stereocenters. The van der Waals surface area contributed by atoms with E-state index in [0.717, 1.165) is 22.6 Å². The number of anilines is 1. The number of hydrogen-bond acceptors (Lipinski definition) is 6. The number of phenolic OH excluding ortho intramolecular Hbond substituents is 1. The van der Waals surface area contributed by atoms with Crippen LogP contribution in [-0.2, 0) is 4.74 Å². The van der Waals surface area contributed by atoms with Gasteiger partial charge in [-0.15, -0.1) is 0 Å². The molecule has 0 aliphatic rings. The van der Waals surface area contributed by atoms with Crippen molar-refractivity contribution in [3.63, 3.8) is 0 Å². The maximum atomic E-state index is 12.9. The van der Waals surface area contributed by atoms with Crippen LogP contribution in [-0.4, -0.2) is 33.1 Å². The Morgan fingerprint density at radius 2 is 1.84 bits per heavy atom. The zero-order valence-corrected chi connectivity index (χ0v) is 17.4. The first-order chi connectivity index (χ1) is 15.1. The molecule has 0 saturated carbocycles. The number of ether oxygens (including phenoxy) is 1. The van der Waals surface area contributed by atoms with Gasteiger partial charge in [-0.3, -0.25) is 10.1 Å². The summed E-state index contributed by atoms with van der Waals surface area (Å²) < 4.78 is 6.97. The summed E-state index contributed by atoms with van der Waals surface area (Å²) in [6.07, 6.45) is 3.68. The van der Waals surface area contributed by atoms with Crippen molar-refractivity contribution < 1.29 is 19.4 Å². The van der Waals surface area contributed by atoms with E-state index in [9.17, 15) is 14.7 Å². The van der Waals surface area contributed by atoms with E-state index < -0.39 is 11.9 Å². The van der Waals surface area contributed by atoms with E-state index >= 15 is 0 Å². The highest BCUT2D eigenvalue weighted by atomic mass is 32.1. The number of esters is 1. The summed E-state index contributed by atoms with van der Waals surface area (Å²) in [5, 5.41) is 13.1. The lowest BCUT2D eigenvalue weighted by atomic mass is 10.1. The van der Waals surface area contributed by atoms with E-state index in [1.807, 2.05) is 59.4 Å². The van der Waals surface area contributed by atoms with Crippen LogP contribution < -0.4 is 5.32 Å². The van der Waals surface area contributed by atoms with Crippen LogP contribution in [0.15, 0.2) is 73.1 Å². The fourth-order valence-electron chi connectivity index (χ4n) is 3.04. The van der Waals surface area contributed by atoms with Gasteiger partial charge in [0.1, 0.15) is 10.6 Å².